The highest BCUT2D eigenvalue weighted by molar-refractivity contribution is 5.78. The molecule has 24 heavy (non-hydrogen) atoms. The summed E-state index contributed by atoms with van der Waals surface area (Å²) in [6, 6.07) is 3.85. The van der Waals surface area contributed by atoms with Crippen LogP contribution >= 0.6 is 0 Å². The zero-order valence-electron chi connectivity index (χ0n) is 16.1. The number of aromatic hydroxyl groups is 1. The van der Waals surface area contributed by atoms with Crippen molar-refractivity contribution in [1.82, 2.24) is 0 Å². The number of carbonyl (C=O) groups is 1. The topological polar surface area (TPSA) is 59.1 Å². The van der Waals surface area contributed by atoms with Gasteiger partial charge in [0.25, 0.3) is 0 Å². The molecule has 1 aliphatic heterocycles. The van der Waals surface area contributed by atoms with Crippen LogP contribution in [-0.2, 0) is 25.1 Å². The lowest BCUT2D eigenvalue weighted by Crippen LogP contribution is -2.23. The quantitative estimate of drug-likeness (QED) is 0.658. The number of hydrogen-bond donors (Lipinski definition) is 1. The Morgan fingerprint density at radius 2 is 1.58 bits per heavy atom. The van der Waals surface area contributed by atoms with Crippen molar-refractivity contribution in [2.75, 3.05) is 6.61 Å². The monoisotopic (exact) mass is 334 g/mol. The van der Waals surface area contributed by atoms with Crippen molar-refractivity contribution in [3.63, 3.8) is 0 Å². The molecular weight excluding hydrogens is 304 g/mol. The molecule has 1 heterocycles. The first-order chi connectivity index (χ1) is 10.7. The summed E-state index contributed by atoms with van der Waals surface area (Å²) in [5.74, 6) is -1.17. The SMILES string of the molecule is CC(C(=O)OC1(C)CO1)c1cc(C(C)(C)C)c(O)c(C(C)(C)C)c1. The molecule has 2 unspecified atom stereocenters. The van der Waals surface area contributed by atoms with Gasteiger partial charge in [0.05, 0.1) is 5.92 Å². The zero-order valence-corrected chi connectivity index (χ0v) is 16.1. The minimum absolute atomic E-state index is 0.227. The second-order valence-electron chi connectivity index (χ2n) is 9.03. The lowest BCUT2D eigenvalue weighted by atomic mass is 9.77. The molecule has 1 saturated heterocycles. The Hall–Kier alpha value is -1.55. The second-order valence-corrected chi connectivity index (χ2v) is 9.03. The molecule has 2 atom stereocenters. The zero-order chi connectivity index (χ0) is 18.5. The molecule has 1 N–H and O–H groups in total. The summed E-state index contributed by atoms with van der Waals surface area (Å²) < 4.78 is 10.6. The highest BCUT2D eigenvalue weighted by atomic mass is 16.8. The fraction of sp³-hybridized carbons (Fsp3) is 0.650. The van der Waals surface area contributed by atoms with Gasteiger partial charge < -0.3 is 14.6 Å². The Kier molecular flexibility index (Phi) is 4.51. The molecule has 1 aromatic carbocycles. The van der Waals surface area contributed by atoms with Gasteiger partial charge in [0.2, 0.25) is 5.79 Å². The van der Waals surface area contributed by atoms with Crippen LogP contribution in [0.5, 0.6) is 5.75 Å². The van der Waals surface area contributed by atoms with Crippen molar-refractivity contribution in [2.45, 2.75) is 77.9 Å². The molecule has 0 bridgehead atoms. The van der Waals surface area contributed by atoms with Crippen molar-refractivity contribution < 1.29 is 19.4 Å². The largest absolute Gasteiger partial charge is 0.507 e. The van der Waals surface area contributed by atoms with E-state index >= 15 is 0 Å². The smallest absolute Gasteiger partial charge is 0.315 e. The maximum atomic E-state index is 12.4. The minimum atomic E-state index is -0.762. The summed E-state index contributed by atoms with van der Waals surface area (Å²) in [5.41, 5.74) is 2.10. The average molecular weight is 334 g/mol. The minimum Gasteiger partial charge on any atom is -0.507 e. The fourth-order valence-corrected chi connectivity index (χ4v) is 2.65. The van der Waals surface area contributed by atoms with Gasteiger partial charge in [-0.3, -0.25) is 4.79 Å². The molecule has 0 radical (unpaired) electrons. The molecule has 134 valence electrons. The maximum absolute atomic E-state index is 12.4. The lowest BCUT2D eigenvalue weighted by Gasteiger charge is -2.29. The Morgan fingerprint density at radius 1 is 1.17 bits per heavy atom. The molecule has 0 amide bonds. The Bertz CT molecular complexity index is 608. The number of benzene rings is 1. The van der Waals surface area contributed by atoms with E-state index in [9.17, 15) is 9.90 Å². The number of rotatable bonds is 3. The predicted molar refractivity (Wildman–Crippen MR) is 94.4 cm³/mol. The summed E-state index contributed by atoms with van der Waals surface area (Å²) in [7, 11) is 0. The highest BCUT2D eigenvalue weighted by Crippen LogP contribution is 2.41. The van der Waals surface area contributed by atoms with Crippen molar-refractivity contribution in [3.05, 3.63) is 28.8 Å². The summed E-state index contributed by atoms with van der Waals surface area (Å²) in [5, 5.41) is 10.8. The van der Waals surface area contributed by atoms with Gasteiger partial charge in [0, 0.05) is 6.92 Å². The number of hydrogen-bond acceptors (Lipinski definition) is 4. The molecule has 1 aliphatic rings. The first-order valence-electron chi connectivity index (χ1n) is 8.49. The van der Waals surface area contributed by atoms with E-state index < -0.39 is 11.7 Å². The van der Waals surface area contributed by atoms with Crippen LogP contribution in [0.25, 0.3) is 0 Å². The van der Waals surface area contributed by atoms with E-state index in [2.05, 4.69) is 41.5 Å². The number of phenols is 1. The van der Waals surface area contributed by atoms with Crippen LogP contribution in [0.15, 0.2) is 12.1 Å². The summed E-state index contributed by atoms with van der Waals surface area (Å²) in [6.45, 7) is 16.4. The van der Waals surface area contributed by atoms with Crippen molar-refractivity contribution in [1.29, 1.82) is 0 Å². The number of epoxide rings is 1. The lowest BCUT2D eigenvalue weighted by molar-refractivity contribution is -0.158. The molecule has 1 fully saturated rings. The van der Waals surface area contributed by atoms with Gasteiger partial charge in [0.1, 0.15) is 12.4 Å². The van der Waals surface area contributed by atoms with Crippen LogP contribution in [0.2, 0.25) is 0 Å². The Labute approximate surface area is 145 Å². The van der Waals surface area contributed by atoms with Gasteiger partial charge in [-0.2, -0.15) is 0 Å². The Balaban J connectivity index is 2.47. The molecule has 4 heteroatoms. The summed E-state index contributed by atoms with van der Waals surface area (Å²) in [6.07, 6.45) is 0. The molecular formula is C20H30O4. The molecule has 1 aromatic rings. The van der Waals surface area contributed by atoms with Gasteiger partial charge in [-0.25, -0.2) is 0 Å². The Morgan fingerprint density at radius 3 is 1.92 bits per heavy atom. The van der Waals surface area contributed by atoms with Gasteiger partial charge in [-0.15, -0.1) is 0 Å². The third-order valence-corrected chi connectivity index (χ3v) is 4.47. The highest BCUT2D eigenvalue weighted by Gasteiger charge is 2.45. The summed E-state index contributed by atoms with van der Waals surface area (Å²) >= 11 is 0. The second kappa shape index (κ2) is 5.76. The summed E-state index contributed by atoms with van der Waals surface area (Å²) in [4.78, 5) is 12.4. The molecule has 0 aromatic heterocycles. The first kappa shape index (κ1) is 18.8. The van der Waals surface area contributed by atoms with Crippen LogP contribution in [0.4, 0.5) is 0 Å². The van der Waals surface area contributed by atoms with Crippen LogP contribution in [0, 0.1) is 0 Å². The fourth-order valence-electron chi connectivity index (χ4n) is 2.65. The third-order valence-electron chi connectivity index (χ3n) is 4.47. The molecule has 0 aliphatic carbocycles. The predicted octanol–water partition coefficient (Wildman–Crippen LogP) is 4.38. The third kappa shape index (κ3) is 3.92. The van der Waals surface area contributed by atoms with Crippen LogP contribution in [-0.4, -0.2) is 23.5 Å². The number of esters is 1. The first-order valence-corrected chi connectivity index (χ1v) is 8.49. The molecule has 0 spiro atoms. The van der Waals surface area contributed by atoms with E-state index in [0.717, 1.165) is 16.7 Å². The van der Waals surface area contributed by atoms with E-state index in [-0.39, 0.29) is 16.8 Å². The normalized spacial score (nSPS) is 22.2. The maximum Gasteiger partial charge on any atom is 0.315 e. The van der Waals surface area contributed by atoms with Crippen molar-refractivity contribution in [3.8, 4) is 5.75 Å². The number of ether oxygens (including phenoxy) is 2. The van der Waals surface area contributed by atoms with E-state index in [4.69, 9.17) is 9.47 Å². The molecule has 4 nitrogen and oxygen atoms in total. The van der Waals surface area contributed by atoms with Gasteiger partial charge >= 0.3 is 5.97 Å². The number of phenolic OH excluding ortho intramolecular Hbond substituents is 1. The van der Waals surface area contributed by atoms with E-state index in [0.29, 0.717) is 12.4 Å². The van der Waals surface area contributed by atoms with Crippen molar-refractivity contribution >= 4 is 5.97 Å². The van der Waals surface area contributed by atoms with Crippen LogP contribution in [0.1, 0.15) is 78.0 Å². The van der Waals surface area contributed by atoms with Crippen LogP contribution in [0.3, 0.4) is 0 Å². The van der Waals surface area contributed by atoms with E-state index in [1.807, 2.05) is 19.1 Å². The number of carbonyl (C=O) groups excluding carboxylic acids is 1. The van der Waals surface area contributed by atoms with Crippen molar-refractivity contribution in [2.24, 2.45) is 0 Å². The average Bonchev–Trinajstić information content (AvgIpc) is 3.12. The van der Waals surface area contributed by atoms with Crippen LogP contribution < -0.4 is 0 Å². The van der Waals surface area contributed by atoms with Gasteiger partial charge in [-0.1, -0.05) is 53.7 Å². The van der Waals surface area contributed by atoms with E-state index in [1.165, 1.54) is 0 Å². The standard InChI is InChI=1S/C20H30O4/c1-12(17(22)24-20(8)11-23-20)13-9-14(18(2,3)4)16(21)15(10-13)19(5,6)7/h9-10,12,21H,11H2,1-8H3. The van der Waals surface area contributed by atoms with Gasteiger partial charge in [-0.05, 0) is 34.4 Å². The molecule has 2 rings (SSSR count). The van der Waals surface area contributed by atoms with Gasteiger partial charge in [0.15, 0.2) is 0 Å². The van der Waals surface area contributed by atoms with E-state index in [1.54, 1.807) is 6.92 Å². The molecule has 0 saturated carbocycles.